The first kappa shape index (κ1) is 10.5. The van der Waals surface area contributed by atoms with Crippen molar-refractivity contribution in [2.75, 3.05) is 5.32 Å². The van der Waals surface area contributed by atoms with Crippen molar-refractivity contribution in [1.82, 2.24) is 15.4 Å². The standard InChI is InChI=1S/C10H9N5O3/c11-15-9(17)7-3-1-5-6(14-10(18)13-5)2-4(3)12-8(7)16/h1-2,7H,11H2,(H,12,16)(H,15,17)(H2,13,14,18). The molecule has 1 aliphatic rings. The summed E-state index contributed by atoms with van der Waals surface area (Å²) in [4.78, 5) is 29.7. The number of nitrogens with one attached hydrogen (secondary N) is 3. The van der Waals surface area contributed by atoms with Crippen molar-refractivity contribution in [1.29, 1.82) is 0 Å². The second kappa shape index (κ2) is 3.44. The predicted molar refractivity (Wildman–Crippen MR) is 61.5 cm³/mol. The van der Waals surface area contributed by atoms with Crippen LogP contribution >= 0.6 is 0 Å². The number of hydrogen-bond acceptors (Lipinski definition) is 5. The Morgan fingerprint density at radius 1 is 1.50 bits per heavy atom. The van der Waals surface area contributed by atoms with Crippen LogP contribution in [0.4, 0.5) is 5.69 Å². The molecule has 0 saturated carbocycles. The Balaban J connectivity index is 2.19. The number of hydrazine groups is 1. The highest BCUT2D eigenvalue weighted by atomic mass is 16.3. The number of anilines is 1. The summed E-state index contributed by atoms with van der Waals surface area (Å²) in [5.74, 6) is 3.02. The van der Waals surface area contributed by atoms with E-state index in [0.717, 1.165) is 0 Å². The Labute approximate surface area is 100 Å². The first-order valence-corrected chi connectivity index (χ1v) is 5.14. The molecular weight excluding hydrogens is 238 g/mol. The smallest absolute Gasteiger partial charge is 0.292 e. The number of imidazole rings is 1. The molecule has 0 bridgehead atoms. The summed E-state index contributed by atoms with van der Waals surface area (Å²) in [6.07, 6.45) is 0. The highest BCUT2D eigenvalue weighted by Crippen LogP contribution is 2.35. The highest BCUT2D eigenvalue weighted by molar-refractivity contribution is 6.17. The van der Waals surface area contributed by atoms with Crippen LogP contribution in [0.15, 0.2) is 12.1 Å². The third-order valence-corrected chi connectivity index (χ3v) is 2.88. The number of hydrogen-bond donors (Lipinski definition) is 5. The third-order valence-electron chi connectivity index (χ3n) is 2.88. The first-order chi connectivity index (χ1) is 8.60. The molecule has 0 aliphatic carbocycles. The number of aromatic nitrogens is 2. The van der Waals surface area contributed by atoms with E-state index in [1.165, 1.54) is 0 Å². The molecule has 8 nitrogen and oxygen atoms in total. The van der Waals surface area contributed by atoms with E-state index in [-0.39, 0.29) is 6.01 Å². The SMILES string of the molecule is NNC(=O)C1C(=O)Nc2cc3[nH]c(O)nc3cc21. The van der Waals surface area contributed by atoms with Crippen LogP contribution in [-0.2, 0) is 9.59 Å². The van der Waals surface area contributed by atoms with E-state index in [4.69, 9.17) is 5.84 Å². The second-order valence-electron chi connectivity index (χ2n) is 3.95. The molecule has 1 unspecified atom stereocenters. The Morgan fingerprint density at radius 3 is 3.00 bits per heavy atom. The zero-order valence-electron chi connectivity index (χ0n) is 9.02. The van der Waals surface area contributed by atoms with Gasteiger partial charge in [-0.1, -0.05) is 0 Å². The number of aromatic hydroxyl groups is 1. The molecule has 0 spiro atoms. The van der Waals surface area contributed by atoms with Crippen molar-refractivity contribution >= 4 is 28.5 Å². The molecule has 6 N–H and O–H groups in total. The Morgan fingerprint density at radius 2 is 2.28 bits per heavy atom. The summed E-state index contributed by atoms with van der Waals surface area (Å²) in [6, 6.07) is 2.96. The van der Waals surface area contributed by atoms with Gasteiger partial charge in [0.1, 0.15) is 5.92 Å². The summed E-state index contributed by atoms with van der Waals surface area (Å²) >= 11 is 0. The van der Waals surface area contributed by atoms with Gasteiger partial charge in [-0.15, -0.1) is 0 Å². The minimum absolute atomic E-state index is 0.222. The van der Waals surface area contributed by atoms with Crippen molar-refractivity contribution in [3.8, 4) is 6.01 Å². The van der Waals surface area contributed by atoms with Crippen molar-refractivity contribution in [2.24, 2.45) is 5.84 Å². The van der Waals surface area contributed by atoms with Gasteiger partial charge in [0, 0.05) is 5.69 Å². The van der Waals surface area contributed by atoms with Crippen LogP contribution in [0.25, 0.3) is 11.0 Å². The summed E-state index contributed by atoms with van der Waals surface area (Å²) in [5, 5.41) is 11.8. The summed E-state index contributed by atoms with van der Waals surface area (Å²) in [5.41, 5.74) is 3.99. The van der Waals surface area contributed by atoms with Crippen LogP contribution in [0.2, 0.25) is 0 Å². The summed E-state index contributed by atoms with van der Waals surface area (Å²) < 4.78 is 0. The fourth-order valence-corrected chi connectivity index (χ4v) is 2.10. The van der Waals surface area contributed by atoms with Gasteiger partial charge in [-0.3, -0.25) is 15.0 Å². The zero-order valence-corrected chi connectivity index (χ0v) is 9.02. The van der Waals surface area contributed by atoms with Gasteiger partial charge in [-0.25, -0.2) is 5.84 Å². The number of carbonyl (C=O) groups excluding carboxylic acids is 2. The fraction of sp³-hybridized carbons (Fsp3) is 0.100. The molecule has 2 aromatic rings. The monoisotopic (exact) mass is 247 g/mol. The number of H-pyrrole nitrogens is 1. The molecule has 0 saturated heterocycles. The molecule has 1 atom stereocenters. The predicted octanol–water partition coefficient (Wildman–Crippen LogP) is -0.706. The van der Waals surface area contributed by atoms with Gasteiger partial charge < -0.3 is 15.4 Å². The largest absolute Gasteiger partial charge is 0.480 e. The van der Waals surface area contributed by atoms with E-state index in [1.54, 1.807) is 12.1 Å². The summed E-state index contributed by atoms with van der Waals surface area (Å²) in [7, 11) is 0. The van der Waals surface area contributed by atoms with E-state index in [9.17, 15) is 14.7 Å². The number of aromatic amines is 1. The second-order valence-corrected chi connectivity index (χ2v) is 3.95. The average molecular weight is 247 g/mol. The lowest BCUT2D eigenvalue weighted by atomic mass is 9.99. The highest BCUT2D eigenvalue weighted by Gasteiger charge is 2.36. The van der Waals surface area contributed by atoms with Gasteiger partial charge in [0.15, 0.2) is 0 Å². The van der Waals surface area contributed by atoms with Gasteiger partial charge in [0.05, 0.1) is 11.0 Å². The Kier molecular flexibility index (Phi) is 2.01. The van der Waals surface area contributed by atoms with Crippen LogP contribution in [0, 0.1) is 0 Å². The maximum Gasteiger partial charge on any atom is 0.292 e. The van der Waals surface area contributed by atoms with Crippen LogP contribution < -0.4 is 16.6 Å². The number of rotatable bonds is 1. The first-order valence-electron chi connectivity index (χ1n) is 5.14. The molecular formula is C10H9N5O3. The molecule has 0 radical (unpaired) electrons. The fourth-order valence-electron chi connectivity index (χ4n) is 2.10. The number of amides is 2. The Hall–Kier alpha value is -2.61. The van der Waals surface area contributed by atoms with E-state index in [1.807, 2.05) is 5.43 Å². The average Bonchev–Trinajstić information content (AvgIpc) is 2.82. The van der Waals surface area contributed by atoms with Crippen LogP contribution in [-0.4, -0.2) is 26.9 Å². The minimum atomic E-state index is -0.992. The van der Waals surface area contributed by atoms with E-state index >= 15 is 0 Å². The minimum Gasteiger partial charge on any atom is -0.480 e. The topological polar surface area (TPSA) is 133 Å². The lowest BCUT2D eigenvalue weighted by Crippen LogP contribution is -2.37. The molecule has 18 heavy (non-hydrogen) atoms. The molecule has 2 heterocycles. The van der Waals surface area contributed by atoms with Gasteiger partial charge in [-0.05, 0) is 17.7 Å². The molecule has 1 aliphatic heterocycles. The van der Waals surface area contributed by atoms with Crippen molar-refractivity contribution < 1.29 is 14.7 Å². The van der Waals surface area contributed by atoms with Gasteiger partial charge >= 0.3 is 0 Å². The normalized spacial score (nSPS) is 17.6. The van der Waals surface area contributed by atoms with E-state index in [0.29, 0.717) is 22.3 Å². The van der Waals surface area contributed by atoms with Crippen molar-refractivity contribution in [2.45, 2.75) is 5.92 Å². The van der Waals surface area contributed by atoms with Crippen molar-refractivity contribution in [3.63, 3.8) is 0 Å². The summed E-state index contributed by atoms with van der Waals surface area (Å²) in [6.45, 7) is 0. The quantitative estimate of drug-likeness (QED) is 0.196. The molecule has 3 rings (SSSR count). The van der Waals surface area contributed by atoms with Gasteiger partial charge in [-0.2, -0.15) is 4.98 Å². The van der Waals surface area contributed by atoms with Crippen LogP contribution in [0.5, 0.6) is 6.01 Å². The number of benzene rings is 1. The number of fused-ring (bicyclic) bond motifs is 2. The number of nitrogens with two attached hydrogens (primary N) is 1. The van der Waals surface area contributed by atoms with Gasteiger partial charge in [0.2, 0.25) is 5.91 Å². The zero-order chi connectivity index (χ0) is 12.9. The third kappa shape index (κ3) is 1.32. The number of carbonyl (C=O) groups is 2. The molecule has 1 aromatic carbocycles. The Bertz CT molecular complexity index is 677. The molecule has 0 fully saturated rings. The molecule has 8 heteroatoms. The van der Waals surface area contributed by atoms with Crippen LogP contribution in [0.3, 0.4) is 0 Å². The van der Waals surface area contributed by atoms with Crippen LogP contribution in [0.1, 0.15) is 11.5 Å². The molecule has 2 amide bonds. The lowest BCUT2D eigenvalue weighted by Gasteiger charge is -2.05. The van der Waals surface area contributed by atoms with E-state index < -0.39 is 17.7 Å². The lowest BCUT2D eigenvalue weighted by molar-refractivity contribution is -0.128. The molecule has 92 valence electrons. The van der Waals surface area contributed by atoms with E-state index in [2.05, 4.69) is 15.3 Å². The number of nitrogens with zero attached hydrogens (tertiary/aromatic N) is 1. The van der Waals surface area contributed by atoms with Crippen molar-refractivity contribution in [3.05, 3.63) is 17.7 Å². The maximum absolute atomic E-state index is 11.7. The molecule has 1 aromatic heterocycles. The maximum atomic E-state index is 11.7. The van der Waals surface area contributed by atoms with Gasteiger partial charge in [0.25, 0.3) is 11.9 Å².